The fourth-order valence-corrected chi connectivity index (χ4v) is 5.74. The summed E-state index contributed by atoms with van der Waals surface area (Å²) in [6.07, 6.45) is 6.13. The summed E-state index contributed by atoms with van der Waals surface area (Å²) in [7, 11) is 1.61. The lowest BCUT2D eigenvalue weighted by molar-refractivity contribution is 0.0972. The molecule has 2 bridgehead atoms. The van der Waals surface area contributed by atoms with E-state index in [-0.39, 0.29) is 0 Å². The molecule has 4 aliphatic heterocycles. The van der Waals surface area contributed by atoms with Gasteiger partial charge < -0.3 is 25.6 Å². The third-order valence-electron chi connectivity index (χ3n) is 7.42. The topological polar surface area (TPSA) is 90.5 Å². The standard InChI is InChI=1S/C24H35ClN8O/c1-3-18-5-4-10-33(18)15-26-22-29-23(27-17-6-7-21(34-2)19(25)13-17)31-24(30-22)28-20-14-32-11-8-16(20)9-12-32/h6-7,13,16,18,20H,3-5,8-12,14-15H2,1-2H3,(H3,26,27,28,29,30,31). The summed E-state index contributed by atoms with van der Waals surface area (Å²) in [4.78, 5) is 19.1. The Bertz CT molecular complexity index is 983. The zero-order chi connectivity index (χ0) is 23.5. The van der Waals surface area contributed by atoms with E-state index in [0.29, 0.717) is 46.6 Å². The SMILES string of the molecule is CCC1CCCN1CNc1nc(Nc2ccc(OC)c(Cl)c2)nc(NC2CN3CCC2CC3)n1. The quantitative estimate of drug-likeness (QED) is 0.486. The Kier molecular flexibility index (Phi) is 7.22. The molecule has 4 fully saturated rings. The number of nitrogens with zero attached hydrogens (tertiary/aromatic N) is 5. The molecule has 2 unspecified atom stereocenters. The van der Waals surface area contributed by atoms with Gasteiger partial charge in [-0.25, -0.2) is 0 Å². The van der Waals surface area contributed by atoms with Gasteiger partial charge >= 0.3 is 0 Å². The lowest BCUT2D eigenvalue weighted by Crippen LogP contribution is -2.53. The predicted octanol–water partition coefficient (Wildman–Crippen LogP) is 4.03. The number of halogens is 1. The molecule has 0 radical (unpaired) electrons. The smallest absolute Gasteiger partial charge is 0.233 e. The number of hydrogen-bond acceptors (Lipinski definition) is 9. The molecule has 1 aromatic heterocycles. The number of rotatable bonds is 9. The molecule has 2 atom stereocenters. The predicted molar refractivity (Wildman–Crippen MR) is 136 cm³/mol. The van der Waals surface area contributed by atoms with Gasteiger partial charge in [0.1, 0.15) is 5.75 Å². The minimum atomic E-state index is 0.365. The maximum Gasteiger partial charge on any atom is 0.233 e. The minimum absolute atomic E-state index is 0.365. The van der Waals surface area contributed by atoms with E-state index in [1.807, 2.05) is 18.2 Å². The monoisotopic (exact) mass is 486 g/mol. The number of aromatic nitrogens is 3. The molecule has 34 heavy (non-hydrogen) atoms. The highest BCUT2D eigenvalue weighted by Crippen LogP contribution is 2.31. The molecule has 2 aromatic rings. The van der Waals surface area contributed by atoms with Crippen LogP contribution in [0.25, 0.3) is 0 Å². The number of methoxy groups -OCH3 is 1. The first-order valence-electron chi connectivity index (χ1n) is 12.4. The largest absolute Gasteiger partial charge is 0.495 e. The molecule has 0 spiro atoms. The van der Waals surface area contributed by atoms with Crippen molar-refractivity contribution in [2.45, 2.75) is 51.1 Å². The molecular weight excluding hydrogens is 452 g/mol. The number of nitrogens with one attached hydrogen (secondary N) is 3. The number of ether oxygens (including phenoxy) is 1. The van der Waals surface area contributed by atoms with Crippen molar-refractivity contribution in [3.05, 3.63) is 23.2 Å². The molecule has 9 nitrogen and oxygen atoms in total. The molecule has 10 heteroatoms. The van der Waals surface area contributed by atoms with Gasteiger partial charge in [-0.3, -0.25) is 4.90 Å². The maximum atomic E-state index is 6.32. The van der Waals surface area contributed by atoms with Crippen LogP contribution in [-0.4, -0.2) is 76.8 Å². The maximum absolute atomic E-state index is 6.32. The molecule has 0 amide bonds. The molecule has 0 aliphatic carbocycles. The van der Waals surface area contributed by atoms with Gasteiger partial charge in [0.05, 0.1) is 18.8 Å². The average molecular weight is 487 g/mol. The van der Waals surface area contributed by atoms with E-state index in [1.54, 1.807) is 7.11 Å². The lowest BCUT2D eigenvalue weighted by Gasteiger charge is -2.44. The summed E-state index contributed by atoms with van der Waals surface area (Å²) in [5, 5.41) is 10.9. The molecule has 3 N–H and O–H groups in total. The van der Waals surface area contributed by atoms with Gasteiger partial charge in [0.15, 0.2) is 0 Å². The number of hydrogen-bond donors (Lipinski definition) is 3. The fourth-order valence-electron chi connectivity index (χ4n) is 5.48. The van der Waals surface area contributed by atoms with Crippen molar-refractivity contribution in [2.24, 2.45) is 5.92 Å². The summed E-state index contributed by atoms with van der Waals surface area (Å²) in [6, 6.07) is 6.53. The van der Waals surface area contributed by atoms with E-state index < -0.39 is 0 Å². The van der Waals surface area contributed by atoms with Crippen LogP contribution in [0.5, 0.6) is 5.75 Å². The highest BCUT2D eigenvalue weighted by molar-refractivity contribution is 6.32. The van der Waals surface area contributed by atoms with Crippen molar-refractivity contribution in [3.8, 4) is 5.75 Å². The third-order valence-corrected chi connectivity index (χ3v) is 7.72. The Morgan fingerprint density at radius 3 is 2.56 bits per heavy atom. The molecule has 6 rings (SSSR count). The van der Waals surface area contributed by atoms with Crippen LogP contribution in [0, 0.1) is 5.92 Å². The third kappa shape index (κ3) is 5.31. The van der Waals surface area contributed by atoms with Crippen LogP contribution in [0.15, 0.2) is 18.2 Å². The summed E-state index contributed by atoms with van der Waals surface area (Å²) in [6.45, 7) is 7.54. The Morgan fingerprint density at radius 1 is 1.06 bits per heavy atom. The van der Waals surface area contributed by atoms with E-state index in [2.05, 4.69) is 37.7 Å². The number of anilines is 4. The molecule has 4 saturated heterocycles. The van der Waals surface area contributed by atoms with Crippen LogP contribution in [0.4, 0.5) is 23.5 Å². The van der Waals surface area contributed by atoms with Gasteiger partial charge in [-0.05, 0) is 69.3 Å². The fraction of sp³-hybridized carbons (Fsp3) is 0.625. The van der Waals surface area contributed by atoms with Gasteiger partial charge in [-0.2, -0.15) is 15.0 Å². The number of piperidine rings is 3. The van der Waals surface area contributed by atoms with Crippen LogP contribution in [0.2, 0.25) is 5.02 Å². The van der Waals surface area contributed by atoms with Gasteiger partial charge in [0.25, 0.3) is 0 Å². The van der Waals surface area contributed by atoms with Gasteiger partial charge in [0, 0.05) is 30.9 Å². The summed E-state index contributed by atoms with van der Waals surface area (Å²) < 4.78 is 5.27. The number of likely N-dealkylation sites (tertiary alicyclic amines) is 1. The second-order valence-corrected chi connectivity index (χ2v) is 9.93. The van der Waals surface area contributed by atoms with Crippen molar-refractivity contribution >= 4 is 35.1 Å². The second-order valence-electron chi connectivity index (χ2n) is 9.52. The Labute approximate surface area is 206 Å². The Balaban J connectivity index is 1.35. The van der Waals surface area contributed by atoms with Crippen LogP contribution < -0.4 is 20.7 Å². The van der Waals surface area contributed by atoms with Crippen molar-refractivity contribution in [1.29, 1.82) is 0 Å². The molecule has 5 heterocycles. The first-order chi connectivity index (χ1) is 16.6. The zero-order valence-electron chi connectivity index (χ0n) is 20.1. The lowest BCUT2D eigenvalue weighted by atomic mass is 9.84. The number of benzene rings is 1. The summed E-state index contributed by atoms with van der Waals surface area (Å²) in [5.74, 6) is 2.96. The van der Waals surface area contributed by atoms with Crippen LogP contribution >= 0.6 is 11.6 Å². The Hall–Kier alpha value is -2.36. The zero-order valence-corrected chi connectivity index (χ0v) is 20.8. The van der Waals surface area contributed by atoms with E-state index in [1.165, 1.54) is 38.8 Å². The minimum Gasteiger partial charge on any atom is -0.495 e. The normalized spacial score (nSPS) is 26.4. The van der Waals surface area contributed by atoms with E-state index in [4.69, 9.17) is 26.3 Å². The van der Waals surface area contributed by atoms with Crippen molar-refractivity contribution < 1.29 is 4.74 Å². The summed E-state index contributed by atoms with van der Waals surface area (Å²) in [5.41, 5.74) is 0.794. The van der Waals surface area contributed by atoms with Crippen LogP contribution in [0.1, 0.15) is 39.0 Å². The van der Waals surface area contributed by atoms with Crippen molar-refractivity contribution in [2.75, 3.05) is 55.9 Å². The molecular formula is C24H35ClN8O. The molecule has 0 saturated carbocycles. The second kappa shape index (κ2) is 10.5. The van der Waals surface area contributed by atoms with Crippen LogP contribution in [-0.2, 0) is 0 Å². The first kappa shape index (κ1) is 23.4. The van der Waals surface area contributed by atoms with E-state index >= 15 is 0 Å². The van der Waals surface area contributed by atoms with Crippen molar-refractivity contribution in [1.82, 2.24) is 24.8 Å². The molecule has 4 aliphatic rings. The van der Waals surface area contributed by atoms with E-state index in [0.717, 1.165) is 31.9 Å². The highest BCUT2D eigenvalue weighted by atomic mass is 35.5. The van der Waals surface area contributed by atoms with Crippen molar-refractivity contribution in [3.63, 3.8) is 0 Å². The number of fused-ring (bicyclic) bond motifs is 3. The highest BCUT2D eigenvalue weighted by Gasteiger charge is 2.34. The molecule has 184 valence electrons. The first-order valence-corrected chi connectivity index (χ1v) is 12.8. The Morgan fingerprint density at radius 2 is 1.85 bits per heavy atom. The van der Waals surface area contributed by atoms with Gasteiger partial charge in [-0.15, -0.1) is 0 Å². The molecule has 1 aromatic carbocycles. The summed E-state index contributed by atoms with van der Waals surface area (Å²) >= 11 is 6.32. The van der Waals surface area contributed by atoms with Gasteiger partial charge in [-0.1, -0.05) is 18.5 Å². The van der Waals surface area contributed by atoms with Crippen LogP contribution in [0.3, 0.4) is 0 Å². The van der Waals surface area contributed by atoms with E-state index in [9.17, 15) is 0 Å². The average Bonchev–Trinajstić information content (AvgIpc) is 3.31. The van der Waals surface area contributed by atoms with Gasteiger partial charge in [0.2, 0.25) is 17.8 Å².